The van der Waals surface area contributed by atoms with Crippen LogP contribution in [0.3, 0.4) is 0 Å². The number of anilines is 1. The molecule has 4 rings (SSSR count). The number of rotatable bonds is 13. The van der Waals surface area contributed by atoms with E-state index in [9.17, 15) is 44.3 Å². The third-order valence-electron chi connectivity index (χ3n) is 7.99. The molecule has 0 radical (unpaired) electrons. The van der Waals surface area contributed by atoms with Crippen LogP contribution in [0.4, 0.5) is 45.5 Å². The van der Waals surface area contributed by atoms with Crippen LogP contribution in [0.25, 0.3) is 11.1 Å². The Labute approximate surface area is 322 Å². The van der Waals surface area contributed by atoms with Crippen LogP contribution in [0.1, 0.15) is 73.0 Å². The summed E-state index contributed by atoms with van der Waals surface area (Å²) in [4.78, 5) is 20.3. The fourth-order valence-corrected chi connectivity index (χ4v) is 5.51. The summed E-state index contributed by atoms with van der Waals surface area (Å²) in [6.07, 6.45) is -12.9. The second kappa shape index (κ2) is 17.4. The molecule has 0 unspecified atom stereocenters. The van der Waals surface area contributed by atoms with Gasteiger partial charge in [0.2, 0.25) is 5.95 Å². The van der Waals surface area contributed by atoms with Crippen molar-refractivity contribution in [2.24, 2.45) is 0 Å². The van der Waals surface area contributed by atoms with Gasteiger partial charge in [-0.2, -0.15) is 39.5 Å². The van der Waals surface area contributed by atoms with Crippen molar-refractivity contribution in [3.8, 4) is 22.6 Å². The number of carbonyl (C=O) groups is 1. The molecule has 0 bridgehead atoms. The Bertz CT molecular complexity index is 1860. The van der Waals surface area contributed by atoms with E-state index in [0.29, 0.717) is 29.0 Å². The molecule has 0 aliphatic carbocycles. The molecule has 4 aromatic rings. The number of halogens is 9. The minimum Gasteiger partial charge on any atom is -1.00 e. The largest absolute Gasteiger partial charge is 1.00 e. The summed E-state index contributed by atoms with van der Waals surface area (Å²) in [5.41, 5.74) is -2.93. The van der Waals surface area contributed by atoms with Crippen molar-refractivity contribution in [2.75, 3.05) is 18.6 Å². The van der Waals surface area contributed by atoms with Crippen molar-refractivity contribution < 1.29 is 89.9 Å². The maximum atomic E-state index is 14.2. The van der Waals surface area contributed by atoms with Gasteiger partial charge in [-0.15, -0.1) is 0 Å². The van der Waals surface area contributed by atoms with E-state index in [1.807, 2.05) is 13.8 Å². The zero-order valence-electron chi connectivity index (χ0n) is 30.3. The van der Waals surface area contributed by atoms with Gasteiger partial charge >= 0.3 is 54.1 Å². The number of alkyl halides is 9. The third kappa shape index (κ3) is 11.5. The third-order valence-corrected chi connectivity index (χ3v) is 7.99. The van der Waals surface area contributed by atoms with Crippen molar-refractivity contribution in [2.45, 2.75) is 71.1 Å². The number of aliphatic carboxylic acids is 1. The molecule has 1 aromatic heterocycles. The van der Waals surface area contributed by atoms with Crippen LogP contribution >= 0.6 is 0 Å². The fraction of sp³-hybridized carbons (Fsp3) is 0.361. The SMILES string of the molecule is COc1ccc(C(C)C)cc1-c1c(C)cc(C(F)(F)F)cc1CN(Cc1cc(C(F)(F)F)cc(C(F)(F)F)c1)c1ncc(OCCCC(=O)O)cn1.[H-].[Na+]. The van der Waals surface area contributed by atoms with Crippen molar-refractivity contribution in [3.63, 3.8) is 0 Å². The van der Waals surface area contributed by atoms with Gasteiger partial charge in [0, 0.05) is 25.1 Å². The molecule has 1 N–H and O–H groups in total. The molecule has 7 nitrogen and oxygen atoms in total. The molecule has 0 amide bonds. The maximum absolute atomic E-state index is 14.2. The van der Waals surface area contributed by atoms with Crippen LogP contribution in [-0.2, 0) is 36.4 Å². The standard InChI is InChI=1S/C36H34F9N3O4.Na.H/c1-20(2)23-7-8-30(51-4)29(14-23)32-21(3)10-25(34(37,38)39)13-24(32)19-48(33-46-16-28(17-47-33)52-9-5-6-31(49)50)18-22-11-26(35(40,41)42)15-27(12-22)36(43,44)45;;/h7-8,10-17,20H,5-6,9,18-19H2,1-4H3,(H,49,50);;/q;+1;-1. The zero-order valence-corrected chi connectivity index (χ0v) is 31.3. The summed E-state index contributed by atoms with van der Waals surface area (Å²) < 4.78 is 136. The average Bonchev–Trinajstić information content (AvgIpc) is 3.05. The molecule has 17 heteroatoms. The van der Waals surface area contributed by atoms with Gasteiger partial charge in [-0.25, -0.2) is 9.97 Å². The number of hydrogen-bond acceptors (Lipinski definition) is 6. The molecule has 0 aliphatic rings. The monoisotopic (exact) mass is 767 g/mol. The summed E-state index contributed by atoms with van der Waals surface area (Å²) in [7, 11) is 1.38. The number of methoxy groups -OCH3 is 1. The number of aromatic nitrogens is 2. The Kier molecular flexibility index (Phi) is 14.3. The van der Waals surface area contributed by atoms with Crippen molar-refractivity contribution in [1.29, 1.82) is 0 Å². The van der Waals surface area contributed by atoms with E-state index in [1.54, 1.807) is 18.2 Å². The Balaban J connectivity index is 0.00000504. The average molecular weight is 768 g/mol. The first kappa shape index (κ1) is 43.4. The van der Waals surface area contributed by atoms with Crippen LogP contribution in [0.2, 0.25) is 0 Å². The minimum absolute atomic E-state index is 0. The Morgan fingerprint density at radius 3 is 1.92 bits per heavy atom. The van der Waals surface area contributed by atoms with E-state index >= 15 is 0 Å². The first-order chi connectivity index (χ1) is 24.2. The van der Waals surface area contributed by atoms with Gasteiger partial charge in [-0.05, 0) is 89.5 Å². The van der Waals surface area contributed by atoms with Gasteiger partial charge in [0.05, 0.1) is 42.8 Å². The first-order valence-corrected chi connectivity index (χ1v) is 15.8. The topological polar surface area (TPSA) is 84.8 Å². The maximum Gasteiger partial charge on any atom is 1.00 e. The first-order valence-electron chi connectivity index (χ1n) is 15.8. The van der Waals surface area contributed by atoms with Crippen molar-refractivity contribution in [3.05, 3.63) is 99.9 Å². The van der Waals surface area contributed by atoms with E-state index < -0.39 is 59.8 Å². The van der Waals surface area contributed by atoms with Crippen LogP contribution in [0.5, 0.6) is 11.5 Å². The molecule has 3 aromatic carbocycles. The van der Waals surface area contributed by atoms with Crippen molar-refractivity contribution in [1.82, 2.24) is 9.97 Å². The number of carboxylic acids is 1. The summed E-state index contributed by atoms with van der Waals surface area (Å²) >= 11 is 0. The molecular formula is C36H35F9N3NaO4. The summed E-state index contributed by atoms with van der Waals surface area (Å²) in [5, 5.41) is 8.83. The molecule has 53 heavy (non-hydrogen) atoms. The fourth-order valence-electron chi connectivity index (χ4n) is 5.51. The summed E-state index contributed by atoms with van der Waals surface area (Å²) in [6, 6.07) is 8.03. The number of ether oxygens (including phenoxy) is 2. The molecule has 0 saturated heterocycles. The van der Waals surface area contributed by atoms with E-state index in [4.69, 9.17) is 14.6 Å². The zero-order chi connectivity index (χ0) is 38.6. The van der Waals surface area contributed by atoms with Crippen LogP contribution in [-0.4, -0.2) is 34.8 Å². The van der Waals surface area contributed by atoms with Gasteiger partial charge in [0.15, 0.2) is 5.75 Å². The van der Waals surface area contributed by atoms with Crippen LogP contribution in [0.15, 0.2) is 60.9 Å². The molecule has 282 valence electrons. The summed E-state index contributed by atoms with van der Waals surface area (Å²) in [6.45, 7) is 4.04. The quantitative estimate of drug-likeness (QED) is 0.0876. The smallest absolute Gasteiger partial charge is 1.00 e. The van der Waals surface area contributed by atoms with Crippen LogP contribution < -0.4 is 43.9 Å². The van der Waals surface area contributed by atoms with Crippen LogP contribution in [0, 0.1) is 6.92 Å². The number of nitrogens with zero attached hydrogens (tertiary/aromatic N) is 3. The molecule has 0 atom stereocenters. The molecule has 0 aliphatic heterocycles. The van der Waals surface area contributed by atoms with Gasteiger partial charge in [-0.3, -0.25) is 4.79 Å². The second-order valence-electron chi connectivity index (χ2n) is 12.3. The minimum atomic E-state index is -5.15. The van der Waals surface area contributed by atoms with E-state index in [2.05, 4.69) is 9.97 Å². The molecule has 0 fully saturated rings. The Morgan fingerprint density at radius 2 is 1.42 bits per heavy atom. The van der Waals surface area contributed by atoms with Gasteiger partial charge in [0.25, 0.3) is 0 Å². The van der Waals surface area contributed by atoms with E-state index in [1.165, 1.54) is 14.0 Å². The Hall–Kier alpha value is -4.02. The van der Waals surface area contributed by atoms with E-state index in [-0.39, 0.29) is 85.2 Å². The van der Waals surface area contributed by atoms with Gasteiger partial charge in [-0.1, -0.05) is 19.9 Å². The molecule has 1 heterocycles. The summed E-state index contributed by atoms with van der Waals surface area (Å²) in [5.74, 6) is -0.923. The number of carboxylic acid groups (broad SMARTS) is 1. The molecule has 0 saturated carbocycles. The number of hydrogen-bond donors (Lipinski definition) is 1. The Morgan fingerprint density at radius 1 is 0.849 bits per heavy atom. The van der Waals surface area contributed by atoms with Crippen molar-refractivity contribution >= 4 is 11.9 Å². The number of aryl methyl sites for hydroxylation is 1. The van der Waals surface area contributed by atoms with Gasteiger partial charge < -0.3 is 20.9 Å². The predicted octanol–water partition coefficient (Wildman–Crippen LogP) is 7.21. The van der Waals surface area contributed by atoms with E-state index in [0.717, 1.165) is 35.0 Å². The second-order valence-corrected chi connectivity index (χ2v) is 12.3. The predicted molar refractivity (Wildman–Crippen MR) is 174 cm³/mol. The van der Waals surface area contributed by atoms with Gasteiger partial charge in [0.1, 0.15) is 5.75 Å². The normalized spacial score (nSPS) is 12.0. The number of benzene rings is 3. The molecular weight excluding hydrogens is 732 g/mol. The molecule has 0 spiro atoms.